The fraction of sp³-hybridized carbons (Fsp3) is 0.429. The van der Waals surface area contributed by atoms with E-state index in [1.54, 1.807) is 6.20 Å². The molecule has 0 saturated heterocycles. The summed E-state index contributed by atoms with van der Waals surface area (Å²) in [6.45, 7) is 1.69. The molecule has 1 heterocycles. The molecule has 1 aromatic heterocycles. The van der Waals surface area contributed by atoms with Gasteiger partial charge in [0.2, 0.25) is 0 Å². The van der Waals surface area contributed by atoms with Crippen LogP contribution in [0.25, 0.3) is 0 Å². The van der Waals surface area contributed by atoms with Crippen molar-refractivity contribution in [2.24, 2.45) is 0 Å². The van der Waals surface area contributed by atoms with E-state index in [9.17, 15) is 9.59 Å². The average Bonchev–Trinajstić information content (AvgIpc) is 2.31. The van der Waals surface area contributed by atoms with Crippen molar-refractivity contribution >= 4 is 17.3 Å². The van der Waals surface area contributed by atoms with Crippen LogP contribution in [0.15, 0.2) is 11.0 Å². The van der Waals surface area contributed by atoms with Crippen LogP contribution in [0.1, 0.15) is 11.8 Å². The predicted octanol–water partition coefficient (Wildman–Crippen LogP) is 0.557. The first-order valence-corrected chi connectivity index (χ1v) is 4.36. The Morgan fingerprint density at radius 2 is 2.42 bits per heavy atom. The second-order valence-electron chi connectivity index (χ2n) is 2.34. The number of carboxylic acids is 1. The minimum Gasteiger partial charge on any atom is -0.480 e. The van der Waals surface area contributed by atoms with Crippen molar-refractivity contribution in [1.29, 1.82) is 0 Å². The number of hydrogen-bond donors (Lipinski definition) is 1. The second-order valence-corrected chi connectivity index (χ2v) is 3.42. The van der Waals surface area contributed by atoms with Crippen molar-refractivity contribution in [3.05, 3.63) is 20.7 Å². The van der Waals surface area contributed by atoms with Gasteiger partial charge in [-0.05, 0) is 6.42 Å². The van der Waals surface area contributed by atoms with Gasteiger partial charge in [-0.3, -0.25) is 14.2 Å². The van der Waals surface area contributed by atoms with Crippen LogP contribution in [0.3, 0.4) is 0 Å². The smallest absolute Gasteiger partial charge is 0.323 e. The molecular weight excluding hydrogens is 178 g/mol. The highest BCUT2D eigenvalue weighted by Crippen LogP contribution is 2.03. The van der Waals surface area contributed by atoms with E-state index in [0.29, 0.717) is 0 Å². The molecule has 4 nitrogen and oxygen atoms in total. The van der Waals surface area contributed by atoms with Gasteiger partial charge < -0.3 is 5.11 Å². The van der Waals surface area contributed by atoms with Gasteiger partial charge in [-0.25, -0.2) is 0 Å². The van der Waals surface area contributed by atoms with Crippen molar-refractivity contribution < 1.29 is 9.90 Å². The summed E-state index contributed by atoms with van der Waals surface area (Å²) in [7, 11) is 0. The number of aryl methyl sites for hydroxylation is 1. The quantitative estimate of drug-likeness (QED) is 0.752. The molecule has 0 atom stereocenters. The summed E-state index contributed by atoms with van der Waals surface area (Å²) < 4.78 is 1.21. The summed E-state index contributed by atoms with van der Waals surface area (Å²) in [6, 6.07) is 0. The van der Waals surface area contributed by atoms with Gasteiger partial charge in [0, 0.05) is 11.1 Å². The van der Waals surface area contributed by atoms with E-state index in [4.69, 9.17) is 5.11 Å². The SMILES string of the molecule is CCc1cn(CC(=O)O)c(=O)s1. The van der Waals surface area contributed by atoms with Crippen molar-refractivity contribution in [3.63, 3.8) is 0 Å². The number of aromatic nitrogens is 1. The van der Waals surface area contributed by atoms with Gasteiger partial charge >= 0.3 is 10.8 Å². The molecule has 0 aromatic carbocycles. The lowest BCUT2D eigenvalue weighted by molar-refractivity contribution is -0.137. The maximum Gasteiger partial charge on any atom is 0.323 e. The monoisotopic (exact) mass is 187 g/mol. The van der Waals surface area contributed by atoms with Gasteiger partial charge in [-0.1, -0.05) is 18.3 Å². The number of carboxylic acid groups (broad SMARTS) is 1. The lowest BCUT2D eigenvalue weighted by atomic mass is 10.4. The van der Waals surface area contributed by atoms with Crippen molar-refractivity contribution in [1.82, 2.24) is 4.57 Å². The topological polar surface area (TPSA) is 59.3 Å². The fourth-order valence-electron chi connectivity index (χ4n) is 0.843. The first-order valence-electron chi connectivity index (χ1n) is 3.54. The molecule has 1 N–H and O–H groups in total. The van der Waals surface area contributed by atoms with Gasteiger partial charge in [0.05, 0.1) is 0 Å². The third-order valence-electron chi connectivity index (χ3n) is 1.41. The van der Waals surface area contributed by atoms with Gasteiger partial charge in [-0.2, -0.15) is 0 Å². The summed E-state index contributed by atoms with van der Waals surface area (Å²) in [5.74, 6) is -0.988. The Kier molecular flexibility index (Phi) is 2.65. The summed E-state index contributed by atoms with van der Waals surface area (Å²) in [4.78, 5) is 22.0. The Bertz CT molecular complexity index is 339. The highest BCUT2D eigenvalue weighted by atomic mass is 32.1. The Balaban J connectivity index is 2.92. The fourth-order valence-corrected chi connectivity index (χ4v) is 1.63. The van der Waals surface area contributed by atoms with Gasteiger partial charge in [0.25, 0.3) is 0 Å². The van der Waals surface area contributed by atoms with Crippen LogP contribution < -0.4 is 4.87 Å². The number of aliphatic carboxylic acids is 1. The molecule has 0 bridgehead atoms. The molecular formula is C7H9NO3S. The van der Waals surface area contributed by atoms with E-state index in [0.717, 1.165) is 22.6 Å². The van der Waals surface area contributed by atoms with Gasteiger partial charge in [-0.15, -0.1) is 0 Å². The van der Waals surface area contributed by atoms with Crippen LogP contribution in [-0.4, -0.2) is 15.6 Å². The molecule has 0 saturated carbocycles. The molecule has 0 aliphatic carbocycles. The number of carbonyl (C=O) groups is 1. The van der Waals surface area contributed by atoms with E-state index in [1.165, 1.54) is 4.57 Å². The largest absolute Gasteiger partial charge is 0.480 e. The Hall–Kier alpha value is -1.10. The van der Waals surface area contributed by atoms with Crippen molar-refractivity contribution in [2.45, 2.75) is 19.9 Å². The highest BCUT2D eigenvalue weighted by Gasteiger charge is 2.05. The molecule has 1 aromatic rings. The first-order chi connectivity index (χ1) is 5.63. The van der Waals surface area contributed by atoms with Crippen LogP contribution in [0.5, 0.6) is 0 Å². The zero-order chi connectivity index (χ0) is 9.14. The number of hydrogen-bond acceptors (Lipinski definition) is 3. The van der Waals surface area contributed by atoms with Gasteiger partial charge in [0.15, 0.2) is 0 Å². The zero-order valence-electron chi connectivity index (χ0n) is 6.61. The van der Waals surface area contributed by atoms with Crippen LogP contribution in [0.2, 0.25) is 0 Å². The molecule has 12 heavy (non-hydrogen) atoms. The van der Waals surface area contributed by atoms with E-state index in [-0.39, 0.29) is 11.4 Å². The van der Waals surface area contributed by atoms with E-state index in [1.807, 2.05) is 6.92 Å². The molecule has 0 amide bonds. The third kappa shape index (κ3) is 1.94. The van der Waals surface area contributed by atoms with Crippen molar-refractivity contribution in [2.75, 3.05) is 0 Å². The summed E-state index contributed by atoms with van der Waals surface area (Å²) in [5, 5.41) is 8.42. The van der Waals surface area contributed by atoms with E-state index < -0.39 is 5.97 Å². The van der Waals surface area contributed by atoms with Gasteiger partial charge in [0.1, 0.15) is 6.54 Å². The molecule has 0 unspecified atom stereocenters. The highest BCUT2D eigenvalue weighted by molar-refractivity contribution is 7.09. The number of thiazole rings is 1. The molecule has 0 spiro atoms. The Morgan fingerprint density at radius 1 is 1.75 bits per heavy atom. The molecule has 1 rings (SSSR count). The third-order valence-corrected chi connectivity index (χ3v) is 2.47. The van der Waals surface area contributed by atoms with Crippen molar-refractivity contribution in [3.8, 4) is 0 Å². The van der Waals surface area contributed by atoms with E-state index >= 15 is 0 Å². The summed E-state index contributed by atoms with van der Waals surface area (Å²) in [5.41, 5.74) is 0. The van der Waals surface area contributed by atoms with E-state index in [2.05, 4.69) is 0 Å². The zero-order valence-corrected chi connectivity index (χ0v) is 7.43. The predicted molar refractivity (Wildman–Crippen MR) is 45.6 cm³/mol. The lowest BCUT2D eigenvalue weighted by Crippen LogP contribution is -2.17. The number of rotatable bonds is 3. The Morgan fingerprint density at radius 3 is 2.83 bits per heavy atom. The average molecular weight is 187 g/mol. The second kappa shape index (κ2) is 3.53. The molecule has 0 aliphatic heterocycles. The lowest BCUT2D eigenvalue weighted by Gasteiger charge is -1.92. The molecule has 66 valence electrons. The molecule has 0 radical (unpaired) electrons. The minimum absolute atomic E-state index is 0.200. The van der Waals surface area contributed by atoms with Crippen LogP contribution >= 0.6 is 11.3 Å². The van der Waals surface area contributed by atoms with Crippen LogP contribution in [0.4, 0.5) is 0 Å². The molecule has 0 aliphatic rings. The number of nitrogens with zero attached hydrogens (tertiary/aromatic N) is 1. The Labute approximate surface area is 73.1 Å². The minimum atomic E-state index is -0.988. The van der Waals surface area contributed by atoms with Crippen LogP contribution in [0, 0.1) is 0 Å². The molecule has 0 fully saturated rings. The normalized spacial score (nSPS) is 10.1. The van der Waals surface area contributed by atoms with Crippen LogP contribution in [-0.2, 0) is 17.8 Å². The summed E-state index contributed by atoms with van der Waals surface area (Å²) in [6.07, 6.45) is 2.37. The standard InChI is InChI=1S/C7H9NO3S/c1-2-5-3-8(4-6(9)10)7(11)12-5/h3H,2,4H2,1H3,(H,9,10). The maximum atomic E-state index is 11.1. The first kappa shape index (κ1) is 8.99. The maximum absolute atomic E-state index is 11.1. The summed E-state index contributed by atoms with van der Waals surface area (Å²) >= 11 is 1.10. The molecule has 5 heteroatoms.